The summed E-state index contributed by atoms with van der Waals surface area (Å²) in [6.45, 7) is 9.66. The van der Waals surface area contributed by atoms with Gasteiger partial charge in [-0.2, -0.15) is 9.97 Å². The lowest BCUT2D eigenvalue weighted by molar-refractivity contribution is -0.136. The quantitative estimate of drug-likeness (QED) is 0.225. The molecule has 0 atom stereocenters. The Morgan fingerprint density at radius 2 is 1.75 bits per heavy atom. The Labute approximate surface area is 234 Å². The van der Waals surface area contributed by atoms with Crippen molar-refractivity contribution >= 4 is 23.0 Å². The number of aromatic amines is 1. The summed E-state index contributed by atoms with van der Waals surface area (Å²) < 4.78 is 13.1. The van der Waals surface area contributed by atoms with Crippen LogP contribution in [0.2, 0.25) is 0 Å². The van der Waals surface area contributed by atoms with Gasteiger partial charge in [0.15, 0.2) is 11.5 Å². The number of carboxylic acids is 1. The van der Waals surface area contributed by atoms with E-state index in [4.69, 9.17) is 20.3 Å². The molecule has 12 nitrogen and oxygen atoms in total. The van der Waals surface area contributed by atoms with Crippen molar-refractivity contribution in [3.63, 3.8) is 0 Å². The number of hydrogen-bond acceptors (Lipinski definition) is 9. The van der Waals surface area contributed by atoms with Crippen molar-refractivity contribution in [3.05, 3.63) is 40.3 Å². The lowest BCUT2D eigenvalue weighted by atomic mass is 10.1. The van der Waals surface area contributed by atoms with E-state index in [0.29, 0.717) is 36.7 Å². The van der Waals surface area contributed by atoms with Gasteiger partial charge in [0.05, 0.1) is 13.0 Å². The summed E-state index contributed by atoms with van der Waals surface area (Å²) in [5, 5.41) is 8.96. The first-order valence-corrected chi connectivity index (χ1v) is 14.2. The number of benzene rings is 1. The lowest BCUT2D eigenvalue weighted by Crippen LogP contribution is -2.47. The largest absolute Gasteiger partial charge is 0.492 e. The van der Waals surface area contributed by atoms with Crippen LogP contribution in [0.5, 0.6) is 11.8 Å². The van der Waals surface area contributed by atoms with Crippen LogP contribution in [0.3, 0.4) is 0 Å². The van der Waals surface area contributed by atoms with Gasteiger partial charge in [0.1, 0.15) is 17.9 Å². The molecule has 0 radical (unpaired) electrons. The van der Waals surface area contributed by atoms with E-state index < -0.39 is 5.97 Å². The number of aryl methyl sites for hydroxylation is 1. The number of nitrogens with zero attached hydrogens (tertiary/aromatic N) is 5. The highest BCUT2D eigenvalue weighted by Crippen LogP contribution is 2.19. The number of carboxylic acid groups (broad SMARTS) is 1. The topological polar surface area (TPSA) is 152 Å². The maximum absolute atomic E-state index is 12.5. The van der Waals surface area contributed by atoms with Crippen molar-refractivity contribution < 1.29 is 19.4 Å². The van der Waals surface area contributed by atoms with Crippen molar-refractivity contribution in [1.29, 1.82) is 0 Å². The highest BCUT2D eigenvalue weighted by atomic mass is 16.5. The molecule has 0 saturated carbocycles. The number of fused-ring (bicyclic) bond motifs is 1. The molecule has 0 spiro atoms. The highest BCUT2D eigenvalue weighted by molar-refractivity contribution is 5.81. The number of nitrogens with two attached hydrogens (primary N) is 1. The van der Waals surface area contributed by atoms with Crippen LogP contribution >= 0.6 is 0 Å². The Kier molecular flexibility index (Phi) is 10.8. The minimum Gasteiger partial charge on any atom is -0.492 e. The average molecular weight is 556 g/mol. The summed E-state index contributed by atoms with van der Waals surface area (Å²) in [7, 11) is 0. The maximum atomic E-state index is 12.5. The van der Waals surface area contributed by atoms with Gasteiger partial charge in [-0.15, -0.1) is 0 Å². The van der Waals surface area contributed by atoms with Gasteiger partial charge in [-0.05, 0) is 43.5 Å². The number of unbranched alkanes of at least 4 members (excludes halogenated alkanes) is 3. The molecule has 40 heavy (non-hydrogen) atoms. The van der Waals surface area contributed by atoms with E-state index in [1.807, 2.05) is 12.1 Å². The third-order valence-electron chi connectivity index (χ3n) is 7.11. The van der Waals surface area contributed by atoms with Crippen LogP contribution in [0.15, 0.2) is 29.1 Å². The molecular formula is C28H41N7O5. The molecule has 1 aliphatic rings. The van der Waals surface area contributed by atoms with Crippen molar-refractivity contribution in [2.75, 3.05) is 58.2 Å². The fourth-order valence-corrected chi connectivity index (χ4v) is 4.84. The van der Waals surface area contributed by atoms with Gasteiger partial charge in [0.25, 0.3) is 0 Å². The molecule has 12 heteroatoms. The molecule has 4 rings (SSSR count). The standard InChI is InChI=1S/C28H41N7O5/c1-2-3-17-40-27-31-25(29)24-26(32-27)35(28(38)30-24)11-6-4-5-10-33-12-14-34(15-13-33)16-18-39-22-9-7-8-21(19-22)20-23(36)37/h7-9,19H,2-6,10-18,20H2,1H3,(H,30,38)(H,36,37)(H2,29,31,32). The number of H-pyrrole nitrogens is 1. The molecule has 0 bridgehead atoms. The van der Waals surface area contributed by atoms with E-state index in [2.05, 4.69) is 31.7 Å². The van der Waals surface area contributed by atoms with Crippen LogP contribution < -0.4 is 20.9 Å². The Hall–Kier alpha value is -3.64. The fourth-order valence-electron chi connectivity index (χ4n) is 4.84. The first kappa shape index (κ1) is 29.3. The predicted molar refractivity (Wildman–Crippen MR) is 153 cm³/mol. The fraction of sp³-hybridized carbons (Fsp3) is 0.571. The molecule has 2 aromatic heterocycles. The molecule has 218 valence electrons. The summed E-state index contributed by atoms with van der Waals surface area (Å²) in [5.41, 5.74) is 7.51. The van der Waals surface area contributed by atoms with E-state index in [1.54, 1.807) is 16.7 Å². The molecule has 1 fully saturated rings. The minimum absolute atomic E-state index is 0.000213. The molecule has 0 amide bonds. The second-order valence-electron chi connectivity index (χ2n) is 10.2. The molecule has 1 aromatic carbocycles. The number of ether oxygens (including phenoxy) is 2. The summed E-state index contributed by atoms with van der Waals surface area (Å²) in [6, 6.07) is 7.50. The smallest absolute Gasteiger partial charge is 0.327 e. The number of nitrogen functional groups attached to an aromatic ring is 1. The number of imidazole rings is 1. The third-order valence-corrected chi connectivity index (χ3v) is 7.11. The monoisotopic (exact) mass is 555 g/mol. The van der Waals surface area contributed by atoms with Gasteiger partial charge in [-0.3, -0.25) is 14.3 Å². The van der Waals surface area contributed by atoms with Gasteiger partial charge in [-0.1, -0.05) is 31.9 Å². The second-order valence-corrected chi connectivity index (χ2v) is 10.2. The molecular weight excluding hydrogens is 514 g/mol. The molecule has 3 heterocycles. The first-order chi connectivity index (χ1) is 19.4. The number of anilines is 1. The number of hydrogen-bond donors (Lipinski definition) is 3. The Morgan fingerprint density at radius 1 is 1.00 bits per heavy atom. The Balaban J connectivity index is 1.13. The summed E-state index contributed by atoms with van der Waals surface area (Å²) in [5.74, 6) is 0.0922. The van der Waals surface area contributed by atoms with Crippen molar-refractivity contribution in [1.82, 2.24) is 29.3 Å². The lowest BCUT2D eigenvalue weighted by Gasteiger charge is -2.34. The normalized spacial score (nSPS) is 14.5. The zero-order valence-electron chi connectivity index (χ0n) is 23.3. The average Bonchev–Trinajstić information content (AvgIpc) is 3.25. The molecule has 3 aromatic rings. The van der Waals surface area contributed by atoms with Crippen LogP contribution in [0, 0.1) is 0 Å². The second kappa shape index (κ2) is 14.7. The number of aliphatic carboxylic acids is 1. The minimum atomic E-state index is -0.845. The van der Waals surface area contributed by atoms with E-state index in [1.165, 1.54) is 0 Å². The van der Waals surface area contributed by atoms with Gasteiger partial charge in [0.2, 0.25) is 0 Å². The summed E-state index contributed by atoms with van der Waals surface area (Å²) >= 11 is 0. The molecule has 1 aliphatic heterocycles. The molecule has 0 unspecified atom stereocenters. The molecule has 0 aliphatic carbocycles. The van der Waals surface area contributed by atoms with Gasteiger partial charge >= 0.3 is 17.7 Å². The molecule has 1 saturated heterocycles. The number of carbonyl (C=O) groups is 1. The predicted octanol–water partition coefficient (Wildman–Crippen LogP) is 2.37. The van der Waals surface area contributed by atoms with E-state index in [-0.39, 0.29) is 23.9 Å². The van der Waals surface area contributed by atoms with Crippen LogP contribution in [-0.2, 0) is 17.8 Å². The van der Waals surface area contributed by atoms with Crippen LogP contribution in [0.1, 0.15) is 44.6 Å². The Bertz CT molecular complexity index is 1300. The van der Waals surface area contributed by atoms with Gasteiger partial charge < -0.3 is 30.2 Å². The van der Waals surface area contributed by atoms with E-state index >= 15 is 0 Å². The van der Waals surface area contributed by atoms with Crippen molar-refractivity contribution in [2.24, 2.45) is 0 Å². The maximum Gasteiger partial charge on any atom is 0.327 e. The van der Waals surface area contributed by atoms with Crippen LogP contribution in [-0.4, -0.2) is 92.9 Å². The highest BCUT2D eigenvalue weighted by Gasteiger charge is 2.17. The van der Waals surface area contributed by atoms with E-state index in [9.17, 15) is 9.59 Å². The third kappa shape index (κ3) is 8.43. The first-order valence-electron chi connectivity index (χ1n) is 14.2. The van der Waals surface area contributed by atoms with Crippen molar-refractivity contribution in [3.8, 4) is 11.8 Å². The SMILES string of the molecule is CCCCOc1nc(N)c2[nH]c(=O)n(CCCCCN3CCN(CCOc4cccc(CC(=O)O)c4)CC3)c2n1. The molecule has 4 N–H and O–H groups in total. The van der Waals surface area contributed by atoms with Gasteiger partial charge in [0, 0.05) is 39.3 Å². The Morgan fingerprint density at radius 3 is 2.50 bits per heavy atom. The van der Waals surface area contributed by atoms with Crippen LogP contribution in [0.25, 0.3) is 11.2 Å². The zero-order valence-corrected chi connectivity index (χ0v) is 23.3. The number of nitrogens with one attached hydrogen (secondary N) is 1. The zero-order chi connectivity index (χ0) is 28.3. The summed E-state index contributed by atoms with van der Waals surface area (Å²) in [4.78, 5) is 39.7. The van der Waals surface area contributed by atoms with Crippen LogP contribution in [0.4, 0.5) is 5.82 Å². The number of aromatic nitrogens is 4. The number of rotatable bonds is 16. The van der Waals surface area contributed by atoms with Gasteiger partial charge in [-0.25, -0.2) is 4.79 Å². The van der Waals surface area contributed by atoms with Crippen molar-refractivity contribution in [2.45, 2.75) is 52.0 Å². The number of piperazine rings is 1. The van der Waals surface area contributed by atoms with E-state index in [0.717, 1.165) is 76.9 Å². The summed E-state index contributed by atoms with van der Waals surface area (Å²) in [6.07, 6.45) is 4.85.